The summed E-state index contributed by atoms with van der Waals surface area (Å²) >= 11 is 0. The Morgan fingerprint density at radius 2 is 2.44 bits per heavy atom. The van der Waals surface area contributed by atoms with E-state index in [1.165, 1.54) is 0 Å². The van der Waals surface area contributed by atoms with Crippen molar-refractivity contribution in [3.05, 3.63) is 18.0 Å². The Morgan fingerprint density at radius 3 is 3.06 bits per heavy atom. The van der Waals surface area contributed by atoms with E-state index in [-0.39, 0.29) is 17.9 Å². The van der Waals surface area contributed by atoms with Gasteiger partial charge in [-0.1, -0.05) is 6.92 Å². The molecule has 2 heterocycles. The van der Waals surface area contributed by atoms with Crippen LogP contribution in [0.2, 0.25) is 0 Å². The highest BCUT2D eigenvalue weighted by Gasteiger charge is 2.32. The highest BCUT2D eigenvalue weighted by atomic mass is 16.2. The first-order valence-corrected chi connectivity index (χ1v) is 6.57. The van der Waals surface area contributed by atoms with E-state index in [1.54, 1.807) is 4.68 Å². The van der Waals surface area contributed by atoms with Crippen LogP contribution in [0.3, 0.4) is 0 Å². The van der Waals surface area contributed by atoms with Crippen molar-refractivity contribution in [2.45, 2.75) is 25.8 Å². The monoisotopic (exact) mass is 250 g/mol. The molecular weight excluding hydrogens is 228 g/mol. The van der Waals surface area contributed by atoms with Crippen LogP contribution in [0.15, 0.2) is 12.4 Å². The zero-order valence-electron chi connectivity index (χ0n) is 11.4. The summed E-state index contributed by atoms with van der Waals surface area (Å²) in [5.74, 6) is 0.281. The predicted octanol–water partition coefficient (Wildman–Crippen LogP) is 0.939. The van der Waals surface area contributed by atoms with Crippen LogP contribution in [0.25, 0.3) is 0 Å². The lowest BCUT2D eigenvalue weighted by Crippen LogP contribution is -2.38. The molecule has 1 fully saturated rings. The van der Waals surface area contributed by atoms with Crippen LogP contribution in [0.5, 0.6) is 0 Å². The second-order valence-corrected chi connectivity index (χ2v) is 5.10. The summed E-state index contributed by atoms with van der Waals surface area (Å²) in [7, 11) is 3.79. The van der Waals surface area contributed by atoms with Crippen molar-refractivity contribution in [1.29, 1.82) is 0 Å². The van der Waals surface area contributed by atoms with E-state index in [0.717, 1.165) is 31.5 Å². The van der Waals surface area contributed by atoms with Gasteiger partial charge in [0.15, 0.2) is 0 Å². The number of amides is 1. The van der Waals surface area contributed by atoms with E-state index in [1.807, 2.05) is 38.3 Å². The van der Waals surface area contributed by atoms with Gasteiger partial charge >= 0.3 is 0 Å². The molecule has 1 aromatic heterocycles. The van der Waals surface area contributed by atoms with Gasteiger partial charge in [-0.15, -0.1) is 0 Å². The highest BCUT2D eigenvalue weighted by molar-refractivity contribution is 5.79. The largest absolute Gasteiger partial charge is 0.335 e. The minimum absolute atomic E-state index is 0.0345. The molecule has 0 aromatic carbocycles. The number of carbonyl (C=O) groups excluding carboxylic acids is 1. The fourth-order valence-corrected chi connectivity index (χ4v) is 2.67. The second-order valence-electron chi connectivity index (χ2n) is 5.10. The van der Waals surface area contributed by atoms with Gasteiger partial charge < -0.3 is 10.2 Å². The third kappa shape index (κ3) is 2.56. The van der Waals surface area contributed by atoms with Crippen LogP contribution in [0, 0.1) is 5.92 Å². The van der Waals surface area contributed by atoms with Crippen molar-refractivity contribution < 1.29 is 4.79 Å². The number of aromatic nitrogens is 2. The predicted molar refractivity (Wildman–Crippen MR) is 70.0 cm³/mol. The van der Waals surface area contributed by atoms with E-state index < -0.39 is 0 Å². The summed E-state index contributed by atoms with van der Waals surface area (Å²) in [5.41, 5.74) is 1.15. The average Bonchev–Trinajstić information content (AvgIpc) is 2.96. The van der Waals surface area contributed by atoms with Gasteiger partial charge in [-0.25, -0.2) is 0 Å². The topological polar surface area (TPSA) is 50.2 Å². The quantitative estimate of drug-likeness (QED) is 0.865. The molecular formula is C13H22N4O. The molecule has 5 heteroatoms. The Labute approximate surface area is 108 Å². The van der Waals surface area contributed by atoms with E-state index in [2.05, 4.69) is 10.4 Å². The van der Waals surface area contributed by atoms with Crippen LogP contribution in [-0.4, -0.2) is 40.7 Å². The van der Waals surface area contributed by atoms with Gasteiger partial charge in [-0.3, -0.25) is 9.48 Å². The lowest BCUT2D eigenvalue weighted by Gasteiger charge is -2.26. The third-order valence-corrected chi connectivity index (χ3v) is 3.58. The number of hydrogen-bond acceptors (Lipinski definition) is 3. The number of hydrogen-bond donors (Lipinski definition) is 1. The Morgan fingerprint density at radius 1 is 1.67 bits per heavy atom. The van der Waals surface area contributed by atoms with Gasteiger partial charge in [-0.2, -0.15) is 5.10 Å². The van der Waals surface area contributed by atoms with Crippen molar-refractivity contribution >= 4 is 5.91 Å². The molecule has 100 valence electrons. The molecule has 2 unspecified atom stereocenters. The maximum atomic E-state index is 12.4. The minimum Gasteiger partial charge on any atom is -0.335 e. The highest BCUT2D eigenvalue weighted by Crippen LogP contribution is 2.32. The number of nitrogens with one attached hydrogen (secondary N) is 1. The van der Waals surface area contributed by atoms with Crippen molar-refractivity contribution in [2.24, 2.45) is 13.0 Å². The summed E-state index contributed by atoms with van der Waals surface area (Å²) in [4.78, 5) is 14.4. The van der Waals surface area contributed by atoms with Crippen LogP contribution >= 0.6 is 0 Å². The summed E-state index contributed by atoms with van der Waals surface area (Å²) < 4.78 is 1.80. The average molecular weight is 250 g/mol. The van der Waals surface area contributed by atoms with E-state index in [0.29, 0.717) is 0 Å². The summed E-state index contributed by atoms with van der Waals surface area (Å²) in [6.45, 7) is 3.58. The molecule has 0 spiro atoms. The first-order chi connectivity index (χ1) is 8.63. The fraction of sp³-hybridized carbons (Fsp3) is 0.692. The number of rotatable bonds is 4. The van der Waals surface area contributed by atoms with Crippen LogP contribution in [0.4, 0.5) is 0 Å². The normalized spacial score (nSPS) is 21.3. The molecule has 0 radical (unpaired) electrons. The van der Waals surface area contributed by atoms with Crippen molar-refractivity contribution in [3.63, 3.8) is 0 Å². The second kappa shape index (κ2) is 5.52. The zero-order chi connectivity index (χ0) is 13.1. The number of carbonyl (C=O) groups is 1. The summed E-state index contributed by atoms with van der Waals surface area (Å²) in [5, 5.41) is 7.27. The van der Waals surface area contributed by atoms with Crippen molar-refractivity contribution in [2.75, 3.05) is 20.1 Å². The van der Waals surface area contributed by atoms with Gasteiger partial charge in [0, 0.05) is 37.8 Å². The lowest BCUT2D eigenvalue weighted by atomic mass is 10.1. The van der Waals surface area contributed by atoms with Crippen molar-refractivity contribution in [1.82, 2.24) is 20.0 Å². The van der Waals surface area contributed by atoms with Crippen LogP contribution in [0.1, 0.15) is 31.4 Å². The van der Waals surface area contributed by atoms with Gasteiger partial charge in [0.2, 0.25) is 5.91 Å². The van der Waals surface area contributed by atoms with Crippen molar-refractivity contribution in [3.8, 4) is 0 Å². The van der Waals surface area contributed by atoms with Crippen LogP contribution < -0.4 is 5.32 Å². The molecule has 1 aliphatic rings. The van der Waals surface area contributed by atoms with Gasteiger partial charge in [-0.05, 0) is 19.9 Å². The molecule has 2 rings (SSSR count). The SMILES string of the molecule is CNCC(C)C(=O)N1CCCC1c1cnn(C)c1. The number of likely N-dealkylation sites (tertiary alicyclic amines) is 1. The number of nitrogens with zero attached hydrogens (tertiary/aromatic N) is 3. The fourth-order valence-electron chi connectivity index (χ4n) is 2.67. The standard InChI is InChI=1S/C13H22N4O/c1-10(7-14-2)13(18)17-6-4-5-12(17)11-8-15-16(3)9-11/h8-10,12,14H,4-7H2,1-3H3. The van der Waals surface area contributed by atoms with Gasteiger partial charge in [0.1, 0.15) is 0 Å². The Kier molecular flexibility index (Phi) is 4.01. The zero-order valence-corrected chi connectivity index (χ0v) is 11.4. The Bertz CT molecular complexity index is 415. The Balaban J connectivity index is 2.10. The van der Waals surface area contributed by atoms with E-state index in [9.17, 15) is 4.79 Å². The smallest absolute Gasteiger partial charge is 0.227 e. The summed E-state index contributed by atoms with van der Waals surface area (Å²) in [6, 6.07) is 0.213. The minimum atomic E-state index is 0.0345. The molecule has 1 aliphatic heterocycles. The third-order valence-electron chi connectivity index (χ3n) is 3.58. The molecule has 5 nitrogen and oxygen atoms in total. The maximum Gasteiger partial charge on any atom is 0.227 e. The Hall–Kier alpha value is -1.36. The molecule has 1 saturated heterocycles. The molecule has 0 bridgehead atoms. The molecule has 1 amide bonds. The molecule has 2 atom stereocenters. The first kappa shape index (κ1) is 13.1. The van der Waals surface area contributed by atoms with E-state index >= 15 is 0 Å². The first-order valence-electron chi connectivity index (χ1n) is 6.57. The molecule has 18 heavy (non-hydrogen) atoms. The molecule has 1 N–H and O–H groups in total. The van der Waals surface area contributed by atoms with Gasteiger partial charge in [0.05, 0.1) is 12.2 Å². The van der Waals surface area contributed by atoms with Crippen LogP contribution in [-0.2, 0) is 11.8 Å². The van der Waals surface area contributed by atoms with Gasteiger partial charge in [0.25, 0.3) is 0 Å². The lowest BCUT2D eigenvalue weighted by molar-refractivity contribution is -0.135. The summed E-state index contributed by atoms with van der Waals surface area (Å²) in [6.07, 6.45) is 6.01. The molecule has 0 saturated carbocycles. The number of aryl methyl sites for hydroxylation is 1. The molecule has 0 aliphatic carbocycles. The maximum absolute atomic E-state index is 12.4. The molecule has 1 aromatic rings. The van der Waals surface area contributed by atoms with E-state index in [4.69, 9.17) is 0 Å².